The van der Waals surface area contributed by atoms with Crippen molar-refractivity contribution < 1.29 is 24.2 Å². The van der Waals surface area contributed by atoms with Crippen molar-refractivity contribution in [2.45, 2.75) is 25.7 Å². The predicted molar refractivity (Wildman–Crippen MR) is 134 cm³/mol. The van der Waals surface area contributed by atoms with Gasteiger partial charge in [0.1, 0.15) is 6.61 Å². The average Bonchev–Trinajstić information content (AvgIpc) is 3.16. The Morgan fingerprint density at radius 3 is 2.11 bits per heavy atom. The van der Waals surface area contributed by atoms with Crippen molar-refractivity contribution in [2.24, 2.45) is 5.92 Å². The molecule has 0 heterocycles. The van der Waals surface area contributed by atoms with Crippen LogP contribution < -0.4 is 10.6 Å². The lowest BCUT2D eigenvalue weighted by Crippen LogP contribution is -2.26. The van der Waals surface area contributed by atoms with Crippen LogP contribution in [-0.4, -0.2) is 36.2 Å². The van der Waals surface area contributed by atoms with E-state index in [0.717, 1.165) is 11.1 Å². The fraction of sp³-hybridized carbons (Fsp3) is 0.250. The fourth-order valence-corrected chi connectivity index (χ4v) is 4.39. The third kappa shape index (κ3) is 5.87. The molecule has 1 unspecified atom stereocenters. The molecule has 4 rings (SSSR count). The summed E-state index contributed by atoms with van der Waals surface area (Å²) >= 11 is 0. The first-order chi connectivity index (χ1) is 16.9. The maximum absolute atomic E-state index is 12.4. The number of fused-ring (bicyclic) bond motifs is 3. The first kappa shape index (κ1) is 24.0. The Bertz CT molecular complexity index is 1180. The van der Waals surface area contributed by atoms with Crippen LogP contribution >= 0.6 is 0 Å². The van der Waals surface area contributed by atoms with E-state index in [2.05, 4.69) is 34.9 Å². The van der Waals surface area contributed by atoms with E-state index in [1.807, 2.05) is 31.2 Å². The Kier molecular flexibility index (Phi) is 7.45. The van der Waals surface area contributed by atoms with Gasteiger partial charge < -0.3 is 15.2 Å². The molecule has 2 amide bonds. The number of carbonyl (C=O) groups is 3. The van der Waals surface area contributed by atoms with Crippen molar-refractivity contribution >= 4 is 23.7 Å². The first-order valence-electron chi connectivity index (χ1n) is 11.6. The van der Waals surface area contributed by atoms with Gasteiger partial charge in [0.25, 0.3) is 5.91 Å². The van der Waals surface area contributed by atoms with Gasteiger partial charge in [-0.1, -0.05) is 55.5 Å². The zero-order valence-electron chi connectivity index (χ0n) is 19.5. The molecule has 0 fully saturated rings. The minimum atomic E-state index is -0.844. The third-order valence-corrected chi connectivity index (χ3v) is 6.18. The van der Waals surface area contributed by atoms with Gasteiger partial charge in [-0.3, -0.25) is 14.9 Å². The molecule has 35 heavy (non-hydrogen) atoms. The second kappa shape index (κ2) is 10.9. The van der Waals surface area contributed by atoms with Crippen LogP contribution in [0.15, 0.2) is 72.8 Å². The first-order valence-corrected chi connectivity index (χ1v) is 11.6. The standard InChI is InChI=1S/C28H28N2O5/c1-18(16-26(31)32)14-15-29-27(33)19-10-12-20(13-11-19)30-28(34)35-17-25-23-8-4-2-6-21(23)22-7-3-5-9-24(22)25/h2-13,18,25H,14-17H2,1H3,(H,29,33)(H,30,34)(H,31,32). The molecule has 3 aromatic carbocycles. The molecule has 1 atom stereocenters. The number of carbonyl (C=O) groups excluding carboxylic acids is 2. The molecule has 0 saturated heterocycles. The van der Waals surface area contributed by atoms with Crippen molar-refractivity contribution in [2.75, 3.05) is 18.5 Å². The fourth-order valence-electron chi connectivity index (χ4n) is 4.39. The van der Waals surface area contributed by atoms with Crippen LogP contribution in [0.4, 0.5) is 10.5 Å². The van der Waals surface area contributed by atoms with Gasteiger partial charge in [0.15, 0.2) is 0 Å². The van der Waals surface area contributed by atoms with E-state index in [1.54, 1.807) is 24.3 Å². The molecule has 3 aromatic rings. The summed E-state index contributed by atoms with van der Waals surface area (Å²) in [5.74, 6) is -1.13. The average molecular weight is 473 g/mol. The van der Waals surface area contributed by atoms with E-state index in [-0.39, 0.29) is 30.8 Å². The van der Waals surface area contributed by atoms with Gasteiger partial charge in [-0.15, -0.1) is 0 Å². The number of benzene rings is 3. The topological polar surface area (TPSA) is 105 Å². The lowest BCUT2D eigenvalue weighted by molar-refractivity contribution is -0.138. The molecule has 3 N–H and O–H groups in total. The van der Waals surface area contributed by atoms with Crippen LogP contribution in [0.2, 0.25) is 0 Å². The van der Waals surface area contributed by atoms with Crippen molar-refractivity contribution in [1.82, 2.24) is 5.32 Å². The summed E-state index contributed by atoms with van der Waals surface area (Å²) in [7, 11) is 0. The summed E-state index contributed by atoms with van der Waals surface area (Å²) in [6.07, 6.45) is 0.0995. The lowest BCUT2D eigenvalue weighted by atomic mass is 9.98. The molecule has 180 valence electrons. The highest BCUT2D eigenvalue weighted by atomic mass is 16.5. The maximum Gasteiger partial charge on any atom is 0.411 e. The quantitative estimate of drug-likeness (QED) is 0.393. The minimum Gasteiger partial charge on any atom is -0.481 e. The van der Waals surface area contributed by atoms with Crippen LogP contribution in [-0.2, 0) is 9.53 Å². The van der Waals surface area contributed by atoms with Crippen molar-refractivity contribution in [1.29, 1.82) is 0 Å². The summed E-state index contributed by atoms with van der Waals surface area (Å²) in [4.78, 5) is 35.4. The molecule has 0 spiro atoms. The third-order valence-electron chi connectivity index (χ3n) is 6.18. The van der Waals surface area contributed by atoms with Crippen molar-refractivity contribution in [3.05, 3.63) is 89.5 Å². The van der Waals surface area contributed by atoms with Crippen molar-refractivity contribution in [3.8, 4) is 11.1 Å². The minimum absolute atomic E-state index is 0.0163. The van der Waals surface area contributed by atoms with Crippen LogP contribution in [0.3, 0.4) is 0 Å². The van der Waals surface area contributed by atoms with E-state index < -0.39 is 12.1 Å². The van der Waals surface area contributed by atoms with E-state index >= 15 is 0 Å². The van der Waals surface area contributed by atoms with E-state index in [9.17, 15) is 14.4 Å². The summed E-state index contributed by atoms with van der Waals surface area (Å²) in [6, 6.07) is 22.8. The van der Waals surface area contributed by atoms with Gasteiger partial charge in [-0.2, -0.15) is 0 Å². The Morgan fingerprint density at radius 1 is 0.914 bits per heavy atom. The number of anilines is 1. The van der Waals surface area contributed by atoms with E-state index in [1.165, 1.54) is 11.1 Å². The Balaban J connectivity index is 1.28. The van der Waals surface area contributed by atoms with Gasteiger partial charge >= 0.3 is 12.1 Å². The van der Waals surface area contributed by atoms with Gasteiger partial charge in [0, 0.05) is 30.1 Å². The zero-order valence-corrected chi connectivity index (χ0v) is 19.5. The maximum atomic E-state index is 12.4. The normalized spacial score (nSPS) is 12.8. The second-order valence-electron chi connectivity index (χ2n) is 8.78. The van der Waals surface area contributed by atoms with Crippen LogP contribution in [0.5, 0.6) is 0 Å². The number of amides is 2. The number of rotatable bonds is 9. The van der Waals surface area contributed by atoms with Crippen LogP contribution in [0, 0.1) is 5.92 Å². The van der Waals surface area contributed by atoms with E-state index in [0.29, 0.717) is 24.2 Å². The number of hydrogen-bond donors (Lipinski definition) is 3. The molecule has 0 bridgehead atoms. The van der Waals surface area contributed by atoms with Crippen molar-refractivity contribution in [3.63, 3.8) is 0 Å². The summed E-state index contributed by atoms with van der Waals surface area (Å²) in [5.41, 5.74) is 5.61. The monoisotopic (exact) mass is 472 g/mol. The van der Waals surface area contributed by atoms with Gasteiger partial charge in [-0.25, -0.2) is 4.79 Å². The summed E-state index contributed by atoms with van der Waals surface area (Å²) < 4.78 is 5.55. The summed E-state index contributed by atoms with van der Waals surface area (Å²) in [6.45, 7) is 2.46. The number of nitrogens with one attached hydrogen (secondary N) is 2. The number of hydrogen-bond acceptors (Lipinski definition) is 4. The molecule has 0 saturated carbocycles. The molecule has 1 aliphatic carbocycles. The highest BCUT2D eigenvalue weighted by molar-refractivity contribution is 5.95. The molecule has 1 aliphatic rings. The SMILES string of the molecule is CC(CCNC(=O)c1ccc(NC(=O)OCC2c3ccccc3-c3ccccc32)cc1)CC(=O)O. The van der Waals surface area contributed by atoms with Gasteiger partial charge in [0.05, 0.1) is 0 Å². The molecule has 0 aliphatic heterocycles. The van der Waals surface area contributed by atoms with E-state index in [4.69, 9.17) is 9.84 Å². The molecular weight excluding hydrogens is 444 g/mol. The highest BCUT2D eigenvalue weighted by Gasteiger charge is 2.29. The number of carboxylic acid groups (broad SMARTS) is 1. The molecule has 0 aromatic heterocycles. The van der Waals surface area contributed by atoms with Crippen LogP contribution in [0.1, 0.15) is 47.2 Å². The Labute approximate surface area is 204 Å². The Hall–Kier alpha value is -4.13. The van der Waals surface area contributed by atoms with Gasteiger partial charge in [0.2, 0.25) is 0 Å². The number of aliphatic carboxylic acids is 1. The molecule has 7 nitrogen and oxygen atoms in total. The molecule has 7 heteroatoms. The van der Waals surface area contributed by atoms with Gasteiger partial charge in [-0.05, 0) is 58.9 Å². The molecule has 0 radical (unpaired) electrons. The lowest BCUT2D eigenvalue weighted by Gasteiger charge is -2.14. The summed E-state index contributed by atoms with van der Waals surface area (Å²) in [5, 5.41) is 14.3. The van der Waals surface area contributed by atoms with Crippen LogP contribution in [0.25, 0.3) is 11.1 Å². The number of carboxylic acids is 1. The predicted octanol–water partition coefficient (Wildman–Crippen LogP) is 5.28. The molecular formula is C28H28N2O5. The largest absolute Gasteiger partial charge is 0.481 e. The zero-order chi connectivity index (χ0) is 24.8. The highest BCUT2D eigenvalue weighted by Crippen LogP contribution is 2.44. The second-order valence-corrected chi connectivity index (χ2v) is 8.78. The smallest absolute Gasteiger partial charge is 0.411 e. The Morgan fingerprint density at radius 2 is 1.51 bits per heavy atom. The number of ether oxygens (including phenoxy) is 1.